The molecule has 4 nitrogen and oxygen atoms in total. The predicted molar refractivity (Wildman–Crippen MR) is 83.1 cm³/mol. The number of nitrogens with zero attached hydrogens (tertiary/aromatic N) is 1. The summed E-state index contributed by atoms with van der Waals surface area (Å²) in [7, 11) is 0. The van der Waals surface area contributed by atoms with Gasteiger partial charge < -0.3 is 15.2 Å². The van der Waals surface area contributed by atoms with Crippen LogP contribution in [-0.2, 0) is 4.74 Å². The summed E-state index contributed by atoms with van der Waals surface area (Å²) in [6.45, 7) is 10.8. The Morgan fingerprint density at radius 1 is 1.20 bits per heavy atom. The van der Waals surface area contributed by atoms with Crippen molar-refractivity contribution in [3.05, 3.63) is 29.8 Å². The molecule has 2 N–H and O–H groups in total. The fraction of sp³-hybridized carbons (Fsp3) is 0.625. The third-order valence-corrected chi connectivity index (χ3v) is 3.35. The number of rotatable bonds is 10. The van der Waals surface area contributed by atoms with Gasteiger partial charge in [-0.15, -0.1) is 0 Å². The molecule has 1 aromatic rings. The number of nitrogens with two attached hydrogens (primary N) is 1. The minimum Gasteiger partial charge on any atom is -0.494 e. The molecule has 0 amide bonds. The summed E-state index contributed by atoms with van der Waals surface area (Å²) < 4.78 is 11.0. The first-order valence-corrected chi connectivity index (χ1v) is 7.51. The zero-order valence-electron chi connectivity index (χ0n) is 13.0. The maximum atomic E-state index is 5.99. The van der Waals surface area contributed by atoms with E-state index in [4.69, 9.17) is 15.2 Å². The van der Waals surface area contributed by atoms with Gasteiger partial charge in [0, 0.05) is 25.7 Å². The summed E-state index contributed by atoms with van der Waals surface area (Å²) in [5, 5.41) is 0. The summed E-state index contributed by atoms with van der Waals surface area (Å²) in [5.74, 6) is 0.907. The van der Waals surface area contributed by atoms with E-state index >= 15 is 0 Å². The van der Waals surface area contributed by atoms with Crippen molar-refractivity contribution < 1.29 is 9.47 Å². The number of likely N-dealkylation sites (N-methyl/N-ethyl adjacent to an activating group) is 1. The molecule has 114 valence electrons. The minimum absolute atomic E-state index is 0.209. The average molecular weight is 280 g/mol. The van der Waals surface area contributed by atoms with Crippen LogP contribution in [-0.4, -0.2) is 44.4 Å². The Bertz CT molecular complexity index is 371. The molecular formula is C16H28N2O2. The molecule has 1 atom stereocenters. The molecule has 0 spiro atoms. The lowest BCUT2D eigenvalue weighted by atomic mass is 10.0. The van der Waals surface area contributed by atoms with Crippen molar-refractivity contribution in [2.75, 3.05) is 39.5 Å². The zero-order chi connectivity index (χ0) is 14.8. The molecule has 0 aromatic heterocycles. The molecule has 0 bridgehead atoms. The van der Waals surface area contributed by atoms with Gasteiger partial charge in [-0.05, 0) is 38.1 Å². The van der Waals surface area contributed by atoms with E-state index in [1.54, 1.807) is 0 Å². The van der Waals surface area contributed by atoms with Crippen LogP contribution < -0.4 is 10.5 Å². The topological polar surface area (TPSA) is 47.7 Å². The Labute approximate surface area is 122 Å². The van der Waals surface area contributed by atoms with Gasteiger partial charge in [-0.1, -0.05) is 19.1 Å². The van der Waals surface area contributed by atoms with Crippen molar-refractivity contribution in [1.29, 1.82) is 0 Å². The number of ether oxygens (including phenoxy) is 2. The zero-order valence-corrected chi connectivity index (χ0v) is 13.0. The van der Waals surface area contributed by atoms with Crippen molar-refractivity contribution in [3.8, 4) is 5.75 Å². The van der Waals surface area contributed by atoms with Gasteiger partial charge in [-0.25, -0.2) is 0 Å². The second-order valence-electron chi connectivity index (χ2n) is 4.58. The van der Waals surface area contributed by atoms with Gasteiger partial charge in [0.2, 0.25) is 0 Å². The first-order chi connectivity index (χ1) is 9.76. The third kappa shape index (κ3) is 5.12. The lowest BCUT2D eigenvalue weighted by Gasteiger charge is -2.30. The molecule has 1 rings (SSSR count). The summed E-state index contributed by atoms with van der Waals surface area (Å²) >= 11 is 0. The Morgan fingerprint density at radius 3 is 2.60 bits per heavy atom. The van der Waals surface area contributed by atoms with E-state index in [9.17, 15) is 0 Å². The van der Waals surface area contributed by atoms with Gasteiger partial charge in [0.05, 0.1) is 13.2 Å². The Morgan fingerprint density at radius 2 is 2.00 bits per heavy atom. The van der Waals surface area contributed by atoms with Crippen LogP contribution >= 0.6 is 0 Å². The van der Waals surface area contributed by atoms with Crippen molar-refractivity contribution in [2.45, 2.75) is 26.8 Å². The highest BCUT2D eigenvalue weighted by Crippen LogP contribution is 2.23. The highest BCUT2D eigenvalue weighted by atomic mass is 16.5. The van der Waals surface area contributed by atoms with Crippen LogP contribution in [0.25, 0.3) is 0 Å². The Balaban J connectivity index is 2.78. The molecule has 0 aliphatic carbocycles. The number of benzene rings is 1. The second kappa shape index (κ2) is 9.75. The predicted octanol–water partition coefficient (Wildman–Crippen LogP) is 2.44. The summed E-state index contributed by atoms with van der Waals surface area (Å²) in [4.78, 5) is 2.35. The maximum absolute atomic E-state index is 5.99. The van der Waals surface area contributed by atoms with Crippen LogP contribution in [0, 0.1) is 0 Å². The van der Waals surface area contributed by atoms with Gasteiger partial charge in [-0.3, -0.25) is 4.90 Å². The molecule has 20 heavy (non-hydrogen) atoms. The maximum Gasteiger partial charge on any atom is 0.119 e. The van der Waals surface area contributed by atoms with Crippen LogP contribution in [0.5, 0.6) is 5.75 Å². The van der Waals surface area contributed by atoms with E-state index < -0.39 is 0 Å². The summed E-state index contributed by atoms with van der Waals surface area (Å²) in [5.41, 5.74) is 7.19. The van der Waals surface area contributed by atoms with Gasteiger partial charge in [0.25, 0.3) is 0 Å². The van der Waals surface area contributed by atoms with Gasteiger partial charge in [0.1, 0.15) is 5.75 Å². The van der Waals surface area contributed by atoms with Crippen molar-refractivity contribution >= 4 is 0 Å². The quantitative estimate of drug-likeness (QED) is 0.669. The van der Waals surface area contributed by atoms with E-state index in [-0.39, 0.29) is 6.04 Å². The summed E-state index contributed by atoms with van der Waals surface area (Å²) in [6.07, 6.45) is 0. The highest BCUT2D eigenvalue weighted by Gasteiger charge is 2.17. The molecule has 1 aromatic carbocycles. The number of hydrogen-bond donors (Lipinski definition) is 1. The molecular weight excluding hydrogens is 252 g/mol. The lowest BCUT2D eigenvalue weighted by Crippen LogP contribution is -2.36. The molecule has 0 fully saturated rings. The van der Waals surface area contributed by atoms with Crippen LogP contribution in [0.2, 0.25) is 0 Å². The smallest absolute Gasteiger partial charge is 0.119 e. The fourth-order valence-electron chi connectivity index (χ4n) is 2.33. The molecule has 0 saturated heterocycles. The van der Waals surface area contributed by atoms with Crippen LogP contribution in [0.1, 0.15) is 32.4 Å². The fourth-order valence-corrected chi connectivity index (χ4v) is 2.33. The minimum atomic E-state index is 0.209. The Kier molecular flexibility index (Phi) is 8.26. The van der Waals surface area contributed by atoms with Crippen LogP contribution in [0.3, 0.4) is 0 Å². The van der Waals surface area contributed by atoms with E-state index in [1.165, 1.54) is 5.56 Å². The second-order valence-corrected chi connectivity index (χ2v) is 4.58. The van der Waals surface area contributed by atoms with E-state index in [0.717, 1.165) is 32.1 Å². The van der Waals surface area contributed by atoms with E-state index in [1.807, 2.05) is 26.0 Å². The van der Waals surface area contributed by atoms with Crippen LogP contribution in [0.4, 0.5) is 0 Å². The lowest BCUT2D eigenvalue weighted by molar-refractivity contribution is 0.0980. The third-order valence-electron chi connectivity index (χ3n) is 3.35. The molecule has 0 heterocycles. The van der Waals surface area contributed by atoms with Crippen molar-refractivity contribution in [2.24, 2.45) is 5.73 Å². The largest absolute Gasteiger partial charge is 0.494 e. The van der Waals surface area contributed by atoms with Gasteiger partial charge in [0.15, 0.2) is 0 Å². The highest BCUT2D eigenvalue weighted by molar-refractivity contribution is 5.31. The molecule has 0 aliphatic heterocycles. The van der Waals surface area contributed by atoms with Gasteiger partial charge >= 0.3 is 0 Å². The van der Waals surface area contributed by atoms with Crippen molar-refractivity contribution in [1.82, 2.24) is 4.90 Å². The van der Waals surface area contributed by atoms with Crippen molar-refractivity contribution in [3.63, 3.8) is 0 Å². The first kappa shape index (κ1) is 17.0. The standard InChI is InChI=1S/C16H28N2O2/c1-4-18(10-11-19-5-2)16(13-17)14-8-7-9-15(12-14)20-6-3/h7-9,12,16H,4-6,10-11,13,17H2,1-3H3. The molecule has 4 heteroatoms. The van der Waals surface area contributed by atoms with E-state index in [0.29, 0.717) is 13.2 Å². The SMILES string of the molecule is CCOCCN(CC)C(CN)c1cccc(OCC)c1. The monoisotopic (exact) mass is 280 g/mol. The Hall–Kier alpha value is -1.10. The van der Waals surface area contributed by atoms with Crippen LogP contribution in [0.15, 0.2) is 24.3 Å². The normalized spacial score (nSPS) is 12.7. The average Bonchev–Trinajstić information content (AvgIpc) is 2.47. The summed E-state index contributed by atoms with van der Waals surface area (Å²) in [6, 6.07) is 8.42. The molecule has 0 saturated carbocycles. The molecule has 1 unspecified atom stereocenters. The van der Waals surface area contributed by atoms with E-state index in [2.05, 4.69) is 24.0 Å². The molecule has 0 radical (unpaired) electrons. The molecule has 0 aliphatic rings. The van der Waals surface area contributed by atoms with Gasteiger partial charge in [-0.2, -0.15) is 0 Å². The first-order valence-electron chi connectivity index (χ1n) is 7.51. The number of hydrogen-bond acceptors (Lipinski definition) is 4.